The molecule has 1 heterocycles. The number of aryl methyl sites for hydroxylation is 2. The van der Waals surface area contributed by atoms with Crippen LogP contribution in [0.5, 0.6) is 0 Å². The fourth-order valence-electron chi connectivity index (χ4n) is 1.69. The van der Waals surface area contributed by atoms with E-state index in [2.05, 4.69) is 15.4 Å². The minimum atomic E-state index is 0. The standard InChI is InChI=1S/C14H19N5.HI/c1-10-4-6-13(7-5-10)18-14(15)16-8-12-9-17-19(3)11(12)2;/h4-7,9H,8H2,1-3H3,(H3,15,16,18);1H. The summed E-state index contributed by atoms with van der Waals surface area (Å²) in [6.07, 6.45) is 1.82. The molecule has 5 nitrogen and oxygen atoms in total. The second-order valence-corrected chi connectivity index (χ2v) is 4.57. The first-order valence-electron chi connectivity index (χ1n) is 6.17. The molecule has 0 bridgehead atoms. The third kappa shape index (κ3) is 4.22. The van der Waals surface area contributed by atoms with E-state index in [0.717, 1.165) is 16.9 Å². The van der Waals surface area contributed by atoms with Gasteiger partial charge >= 0.3 is 0 Å². The van der Waals surface area contributed by atoms with Crippen molar-refractivity contribution in [2.75, 3.05) is 5.32 Å². The summed E-state index contributed by atoms with van der Waals surface area (Å²) in [5, 5.41) is 7.24. The van der Waals surface area contributed by atoms with E-state index in [0.29, 0.717) is 12.5 Å². The Labute approximate surface area is 136 Å². The van der Waals surface area contributed by atoms with Gasteiger partial charge in [-0.3, -0.25) is 4.68 Å². The molecule has 0 amide bonds. The highest BCUT2D eigenvalue weighted by Gasteiger charge is 2.02. The van der Waals surface area contributed by atoms with Crippen molar-refractivity contribution in [1.29, 1.82) is 0 Å². The molecule has 1 aromatic carbocycles. The lowest BCUT2D eigenvalue weighted by atomic mass is 10.2. The molecule has 0 aliphatic heterocycles. The van der Waals surface area contributed by atoms with Gasteiger partial charge in [-0.05, 0) is 26.0 Å². The number of hydrogen-bond donors (Lipinski definition) is 2. The minimum Gasteiger partial charge on any atom is -0.370 e. The van der Waals surface area contributed by atoms with E-state index < -0.39 is 0 Å². The van der Waals surface area contributed by atoms with Crippen molar-refractivity contribution >= 4 is 35.6 Å². The number of anilines is 1. The van der Waals surface area contributed by atoms with Crippen LogP contribution in [0.2, 0.25) is 0 Å². The van der Waals surface area contributed by atoms with Gasteiger partial charge < -0.3 is 11.1 Å². The molecule has 0 saturated carbocycles. The molecule has 0 fully saturated rings. The van der Waals surface area contributed by atoms with Crippen LogP contribution in [0.4, 0.5) is 5.69 Å². The number of nitrogens with one attached hydrogen (secondary N) is 1. The molecule has 20 heavy (non-hydrogen) atoms. The van der Waals surface area contributed by atoms with Gasteiger partial charge in [-0.25, -0.2) is 4.99 Å². The smallest absolute Gasteiger partial charge is 0.193 e. The van der Waals surface area contributed by atoms with E-state index in [-0.39, 0.29) is 24.0 Å². The molecule has 0 spiro atoms. The molecule has 0 aliphatic rings. The van der Waals surface area contributed by atoms with Crippen molar-refractivity contribution in [3.63, 3.8) is 0 Å². The second kappa shape index (κ2) is 7.28. The molecular formula is C14H20IN5. The fourth-order valence-corrected chi connectivity index (χ4v) is 1.69. The summed E-state index contributed by atoms with van der Waals surface area (Å²) >= 11 is 0. The lowest BCUT2D eigenvalue weighted by Crippen LogP contribution is -2.22. The zero-order valence-electron chi connectivity index (χ0n) is 11.9. The number of rotatable bonds is 3. The Balaban J connectivity index is 0.00000200. The molecule has 0 aliphatic carbocycles. The number of nitrogens with two attached hydrogens (primary N) is 1. The topological polar surface area (TPSA) is 68.2 Å². The molecule has 1 aromatic heterocycles. The van der Waals surface area contributed by atoms with Crippen LogP contribution in [0.1, 0.15) is 16.8 Å². The molecule has 2 aromatic rings. The number of nitrogens with zero attached hydrogens (tertiary/aromatic N) is 3. The van der Waals surface area contributed by atoms with Crippen molar-refractivity contribution in [3.05, 3.63) is 47.3 Å². The van der Waals surface area contributed by atoms with Crippen molar-refractivity contribution in [1.82, 2.24) is 9.78 Å². The van der Waals surface area contributed by atoms with E-state index >= 15 is 0 Å². The predicted octanol–water partition coefficient (Wildman–Crippen LogP) is 2.58. The van der Waals surface area contributed by atoms with Gasteiger partial charge in [0.25, 0.3) is 0 Å². The van der Waals surface area contributed by atoms with Crippen LogP contribution in [0.3, 0.4) is 0 Å². The summed E-state index contributed by atoms with van der Waals surface area (Å²) in [5.74, 6) is 0.409. The van der Waals surface area contributed by atoms with Gasteiger partial charge in [-0.15, -0.1) is 24.0 Å². The van der Waals surface area contributed by atoms with Crippen molar-refractivity contribution in [2.24, 2.45) is 17.8 Å². The van der Waals surface area contributed by atoms with E-state index in [4.69, 9.17) is 5.73 Å². The first kappa shape index (κ1) is 16.5. The lowest BCUT2D eigenvalue weighted by Gasteiger charge is -2.05. The maximum absolute atomic E-state index is 5.86. The number of guanidine groups is 1. The minimum absolute atomic E-state index is 0. The van der Waals surface area contributed by atoms with E-state index in [1.807, 2.05) is 56.0 Å². The predicted molar refractivity (Wildman–Crippen MR) is 93.5 cm³/mol. The van der Waals surface area contributed by atoms with Gasteiger partial charge in [-0.2, -0.15) is 5.10 Å². The maximum atomic E-state index is 5.86. The molecule has 3 N–H and O–H groups in total. The molecule has 6 heteroatoms. The number of aromatic nitrogens is 2. The highest BCUT2D eigenvalue weighted by molar-refractivity contribution is 14.0. The van der Waals surface area contributed by atoms with E-state index in [1.165, 1.54) is 5.56 Å². The highest BCUT2D eigenvalue weighted by atomic mass is 127. The highest BCUT2D eigenvalue weighted by Crippen LogP contribution is 2.09. The number of hydrogen-bond acceptors (Lipinski definition) is 2. The third-order valence-electron chi connectivity index (χ3n) is 3.08. The summed E-state index contributed by atoms with van der Waals surface area (Å²) in [7, 11) is 1.91. The first-order chi connectivity index (χ1) is 9.06. The van der Waals surface area contributed by atoms with Gasteiger partial charge in [0.2, 0.25) is 0 Å². The Hall–Kier alpha value is -1.57. The molecule has 0 atom stereocenters. The maximum Gasteiger partial charge on any atom is 0.193 e. The van der Waals surface area contributed by atoms with Crippen LogP contribution in [0, 0.1) is 13.8 Å². The van der Waals surface area contributed by atoms with Crippen molar-refractivity contribution in [3.8, 4) is 0 Å². The molecule has 2 rings (SSSR count). The first-order valence-corrected chi connectivity index (χ1v) is 6.17. The zero-order valence-corrected chi connectivity index (χ0v) is 14.3. The van der Waals surface area contributed by atoms with Crippen LogP contribution < -0.4 is 11.1 Å². The number of aliphatic imine (C=N–C) groups is 1. The Kier molecular flexibility index (Phi) is 6.00. The van der Waals surface area contributed by atoms with Gasteiger partial charge in [0.15, 0.2) is 5.96 Å². The normalized spacial score (nSPS) is 11.1. The summed E-state index contributed by atoms with van der Waals surface area (Å²) in [5.41, 5.74) is 10.2. The summed E-state index contributed by atoms with van der Waals surface area (Å²) < 4.78 is 1.83. The molecular weight excluding hydrogens is 365 g/mol. The molecule has 108 valence electrons. The number of halogens is 1. The van der Waals surface area contributed by atoms with Crippen molar-refractivity contribution < 1.29 is 0 Å². The molecule has 0 saturated heterocycles. The molecule has 0 radical (unpaired) electrons. The Morgan fingerprint density at radius 2 is 1.95 bits per heavy atom. The van der Waals surface area contributed by atoms with Gasteiger partial charge in [0, 0.05) is 24.0 Å². The summed E-state index contributed by atoms with van der Waals surface area (Å²) in [6.45, 7) is 4.60. The van der Waals surface area contributed by atoms with Gasteiger partial charge in [0.05, 0.1) is 12.7 Å². The van der Waals surface area contributed by atoms with Crippen LogP contribution in [0.15, 0.2) is 35.5 Å². The van der Waals surface area contributed by atoms with E-state index in [1.54, 1.807) is 0 Å². The fraction of sp³-hybridized carbons (Fsp3) is 0.286. The largest absolute Gasteiger partial charge is 0.370 e. The van der Waals surface area contributed by atoms with Crippen molar-refractivity contribution in [2.45, 2.75) is 20.4 Å². The van der Waals surface area contributed by atoms with E-state index in [9.17, 15) is 0 Å². The van der Waals surface area contributed by atoms with Gasteiger partial charge in [0.1, 0.15) is 0 Å². The Morgan fingerprint density at radius 3 is 2.50 bits per heavy atom. The van der Waals surface area contributed by atoms with Crippen LogP contribution in [-0.4, -0.2) is 15.7 Å². The zero-order chi connectivity index (χ0) is 13.8. The monoisotopic (exact) mass is 385 g/mol. The number of benzene rings is 1. The Morgan fingerprint density at radius 1 is 1.30 bits per heavy atom. The lowest BCUT2D eigenvalue weighted by molar-refractivity contribution is 0.737. The summed E-state index contributed by atoms with van der Waals surface area (Å²) in [6, 6.07) is 8.02. The van der Waals surface area contributed by atoms with Crippen LogP contribution >= 0.6 is 24.0 Å². The SMILES string of the molecule is Cc1ccc(NC(N)=NCc2cnn(C)c2C)cc1.I. The van der Waals surface area contributed by atoms with Gasteiger partial charge in [-0.1, -0.05) is 17.7 Å². The molecule has 0 unspecified atom stereocenters. The quantitative estimate of drug-likeness (QED) is 0.485. The average molecular weight is 385 g/mol. The third-order valence-corrected chi connectivity index (χ3v) is 3.08. The van der Waals surface area contributed by atoms with Crippen LogP contribution in [0.25, 0.3) is 0 Å². The summed E-state index contributed by atoms with van der Waals surface area (Å²) in [4.78, 5) is 4.32. The average Bonchev–Trinajstić information content (AvgIpc) is 2.70. The van der Waals surface area contributed by atoms with Crippen LogP contribution in [-0.2, 0) is 13.6 Å². The second-order valence-electron chi connectivity index (χ2n) is 4.57. The Bertz CT molecular complexity index is 586.